The van der Waals surface area contributed by atoms with Crippen LogP contribution in [0.2, 0.25) is 0 Å². The van der Waals surface area contributed by atoms with Gasteiger partial charge < -0.3 is 9.47 Å². The van der Waals surface area contributed by atoms with Crippen molar-refractivity contribution < 1.29 is 14.4 Å². The number of methoxy groups -OCH3 is 2. The van der Waals surface area contributed by atoms with E-state index in [1.807, 2.05) is 12.1 Å². The van der Waals surface area contributed by atoms with Gasteiger partial charge in [0.25, 0.3) is 5.69 Å². The maximum Gasteiger partial charge on any atom is 0.269 e. The number of ether oxygens (including phenoxy) is 2. The summed E-state index contributed by atoms with van der Waals surface area (Å²) in [6, 6.07) is 10.9. The molecule has 0 N–H and O–H groups in total. The third-order valence-corrected chi connectivity index (χ3v) is 4.66. The van der Waals surface area contributed by atoms with Crippen molar-refractivity contribution in [3.63, 3.8) is 0 Å². The van der Waals surface area contributed by atoms with Crippen molar-refractivity contribution in [3.05, 3.63) is 63.2 Å². The number of fused-ring (bicyclic) bond motifs is 1. The van der Waals surface area contributed by atoms with Crippen LogP contribution in [0, 0.1) is 10.1 Å². The minimum Gasteiger partial charge on any atom is -0.493 e. The Morgan fingerprint density at radius 3 is 2.32 bits per heavy atom. The van der Waals surface area contributed by atoms with Gasteiger partial charge in [-0.2, -0.15) is 0 Å². The Labute approximate surface area is 147 Å². The first-order valence-corrected chi connectivity index (χ1v) is 8.30. The molecule has 132 valence electrons. The highest BCUT2D eigenvalue weighted by atomic mass is 16.6. The maximum atomic E-state index is 10.7. The summed E-state index contributed by atoms with van der Waals surface area (Å²) in [6.07, 6.45) is 1.86. The van der Waals surface area contributed by atoms with Crippen molar-refractivity contribution in [1.82, 2.24) is 4.90 Å². The normalized spacial score (nSPS) is 14.0. The minimum absolute atomic E-state index is 0.136. The van der Waals surface area contributed by atoms with Crippen molar-refractivity contribution >= 4 is 5.69 Å². The average Bonchev–Trinajstić information content (AvgIpc) is 2.65. The van der Waals surface area contributed by atoms with E-state index >= 15 is 0 Å². The van der Waals surface area contributed by atoms with Crippen LogP contribution in [0.1, 0.15) is 16.7 Å². The molecule has 25 heavy (non-hydrogen) atoms. The molecule has 0 spiro atoms. The smallest absolute Gasteiger partial charge is 0.269 e. The molecule has 1 heterocycles. The first kappa shape index (κ1) is 17.2. The second-order valence-electron chi connectivity index (χ2n) is 6.18. The van der Waals surface area contributed by atoms with Gasteiger partial charge in [-0.15, -0.1) is 0 Å². The van der Waals surface area contributed by atoms with E-state index in [2.05, 4.69) is 17.0 Å². The van der Waals surface area contributed by atoms with Gasteiger partial charge in [0.05, 0.1) is 19.1 Å². The summed E-state index contributed by atoms with van der Waals surface area (Å²) < 4.78 is 10.8. The summed E-state index contributed by atoms with van der Waals surface area (Å²) in [4.78, 5) is 12.7. The number of nitro groups is 1. The number of rotatable bonds is 6. The summed E-state index contributed by atoms with van der Waals surface area (Å²) in [7, 11) is 3.31. The summed E-state index contributed by atoms with van der Waals surface area (Å²) in [5.74, 6) is 1.54. The van der Waals surface area contributed by atoms with Gasteiger partial charge in [0.2, 0.25) is 0 Å². The first-order valence-electron chi connectivity index (χ1n) is 8.30. The molecule has 0 saturated carbocycles. The molecule has 1 aliphatic rings. The number of hydrogen-bond acceptors (Lipinski definition) is 5. The molecule has 0 bridgehead atoms. The zero-order chi connectivity index (χ0) is 17.8. The van der Waals surface area contributed by atoms with Gasteiger partial charge in [0.15, 0.2) is 11.5 Å². The molecule has 0 atom stereocenters. The lowest BCUT2D eigenvalue weighted by molar-refractivity contribution is -0.384. The summed E-state index contributed by atoms with van der Waals surface area (Å²) >= 11 is 0. The molecule has 0 fully saturated rings. The Balaban J connectivity index is 1.63. The average molecular weight is 342 g/mol. The zero-order valence-electron chi connectivity index (χ0n) is 14.5. The van der Waals surface area contributed by atoms with Crippen LogP contribution in [0.25, 0.3) is 0 Å². The first-order chi connectivity index (χ1) is 12.1. The molecule has 6 heteroatoms. The molecule has 2 aromatic rings. The SMILES string of the molecule is COc1cc2c(cc1OC)CN(CCc1ccc([N+](=O)[O-])cc1)CC2. The van der Waals surface area contributed by atoms with Crippen molar-refractivity contribution in [2.24, 2.45) is 0 Å². The lowest BCUT2D eigenvalue weighted by atomic mass is 9.98. The summed E-state index contributed by atoms with van der Waals surface area (Å²) in [6.45, 7) is 2.80. The Morgan fingerprint density at radius 2 is 1.72 bits per heavy atom. The molecule has 3 rings (SSSR count). The van der Waals surface area contributed by atoms with Gasteiger partial charge in [0, 0.05) is 31.8 Å². The number of benzene rings is 2. The molecule has 0 unspecified atom stereocenters. The molecular formula is C19H22N2O4. The van der Waals surface area contributed by atoms with Crippen LogP contribution in [-0.2, 0) is 19.4 Å². The summed E-state index contributed by atoms with van der Waals surface area (Å²) in [5.41, 5.74) is 3.83. The fourth-order valence-electron chi connectivity index (χ4n) is 3.20. The van der Waals surface area contributed by atoms with Crippen molar-refractivity contribution in [1.29, 1.82) is 0 Å². The number of nitrogens with zero attached hydrogens (tertiary/aromatic N) is 2. The molecule has 6 nitrogen and oxygen atoms in total. The van der Waals surface area contributed by atoms with Crippen LogP contribution in [0.5, 0.6) is 11.5 Å². The van der Waals surface area contributed by atoms with E-state index in [4.69, 9.17) is 9.47 Å². The Morgan fingerprint density at radius 1 is 1.08 bits per heavy atom. The van der Waals surface area contributed by atoms with E-state index in [1.54, 1.807) is 26.4 Å². The van der Waals surface area contributed by atoms with E-state index in [0.29, 0.717) is 0 Å². The highest BCUT2D eigenvalue weighted by Gasteiger charge is 2.19. The number of nitro benzene ring substituents is 1. The predicted octanol–water partition coefficient (Wildman–Crippen LogP) is 3.21. The van der Waals surface area contributed by atoms with Crippen LogP contribution in [-0.4, -0.2) is 37.1 Å². The van der Waals surface area contributed by atoms with Crippen LogP contribution >= 0.6 is 0 Å². The molecular weight excluding hydrogens is 320 g/mol. The predicted molar refractivity (Wildman–Crippen MR) is 95.3 cm³/mol. The molecule has 0 aliphatic carbocycles. The molecule has 0 amide bonds. The highest BCUT2D eigenvalue weighted by molar-refractivity contribution is 5.48. The lowest BCUT2D eigenvalue weighted by Gasteiger charge is -2.29. The quantitative estimate of drug-likeness (QED) is 0.596. The largest absolute Gasteiger partial charge is 0.493 e. The third kappa shape index (κ3) is 3.91. The maximum absolute atomic E-state index is 10.7. The topological polar surface area (TPSA) is 64.8 Å². The second-order valence-corrected chi connectivity index (χ2v) is 6.18. The molecule has 2 aromatic carbocycles. The van der Waals surface area contributed by atoms with E-state index in [0.717, 1.165) is 49.5 Å². The van der Waals surface area contributed by atoms with Gasteiger partial charge in [-0.1, -0.05) is 12.1 Å². The molecule has 0 saturated heterocycles. The Kier molecular flexibility index (Phi) is 5.19. The van der Waals surface area contributed by atoms with Gasteiger partial charge >= 0.3 is 0 Å². The van der Waals surface area contributed by atoms with Crippen molar-refractivity contribution in [3.8, 4) is 11.5 Å². The van der Waals surface area contributed by atoms with E-state index < -0.39 is 0 Å². The second kappa shape index (κ2) is 7.53. The van der Waals surface area contributed by atoms with Crippen LogP contribution < -0.4 is 9.47 Å². The van der Waals surface area contributed by atoms with Gasteiger partial charge in [-0.05, 0) is 41.7 Å². The van der Waals surface area contributed by atoms with Crippen LogP contribution in [0.3, 0.4) is 0 Å². The number of non-ortho nitro benzene ring substituents is 1. The zero-order valence-corrected chi connectivity index (χ0v) is 14.5. The van der Waals surface area contributed by atoms with E-state index in [1.165, 1.54) is 11.1 Å². The van der Waals surface area contributed by atoms with Crippen molar-refractivity contribution in [2.75, 3.05) is 27.3 Å². The van der Waals surface area contributed by atoms with Crippen LogP contribution in [0.4, 0.5) is 5.69 Å². The lowest BCUT2D eigenvalue weighted by Crippen LogP contribution is -2.32. The molecule has 0 aromatic heterocycles. The van der Waals surface area contributed by atoms with Crippen LogP contribution in [0.15, 0.2) is 36.4 Å². The van der Waals surface area contributed by atoms with E-state index in [9.17, 15) is 10.1 Å². The highest BCUT2D eigenvalue weighted by Crippen LogP contribution is 2.33. The fourth-order valence-corrected chi connectivity index (χ4v) is 3.20. The minimum atomic E-state index is -0.368. The standard InChI is InChI=1S/C19H22N2O4/c1-24-18-11-15-8-10-20(13-16(15)12-19(18)25-2)9-7-14-3-5-17(6-4-14)21(22)23/h3-6,11-12H,7-10,13H2,1-2H3. The Hall–Kier alpha value is -2.60. The molecule has 1 aliphatic heterocycles. The number of hydrogen-bond donors (Lipinski definition) is 0. The Bertz CT molecular complexity index is 759. The van der Waals surface area contributed by atoms with Crippen molar-refractivity contribution in [2.45, 2.75) is 19.4 Å². The monoisotopic (exact) mass is 342 g/mol. The summed E-state index contributed by atoms with van der Waals surface area (Å²) in [5, 5.41) is 10.7. The van der Waals surface area contributed by atoms with E-state index in [-0.39, 0.29) is 10.6 Å². The van der Waals surface area contributed by atoms with Gasteiger partial charge in [-0.25, -0.2) is 0 Å². The fraction of sp³-hybridized carbons (Fsp3) is 0.368. The van der Waals surface area contributed by atoms with Gasteiger partial charge in [0.1, 0.15) is 0 Å². The van der Waals surface area contributed by atoms with Gasteiger partial charge in [-0.3, -0.25) is 15.0 Å². The third-order valence-electron chi connectivity index (χ3n) is 4.66. The molecule has 0 radical (unpaired) electrons.